The Bertz CT molecular complexity index is 703. The second-order valence-corrected chi connectivity index (χ2v) is 5.18. The third-order valence-electron chi connectivity index (χ3n) is 3.53. The number of benzene rings is 1. The first-order valence-electron chi connectivity index (χ1n) is 7.41. The number of nitrogens with zero attached hydrogens (tertiary/aromatic N) is 3. The van der Waals surface area contributed by atoms with Crippen molar-refractivity contribution in [1.82, 2.24) is 19.9 Å². The third-order valence-corrected chi connectivity index (χ3v) is 3.53. The minimum absolute atomic E-state index is 0.705. The van der Waals surface area contributed by atoms with Crippen LogP contribution < -0.4 is 5.32 Å². The minimum Gasteiger partial charge on any atom is -0.340 e. The van der Waals surface area contributed by atoms with E-state index in [2.05, 4.69) is 57.2 Å². The number of hydrogen-bond donors (Lipinski definition) is 1. The normalized spacial score (nSPS) is 11.1. The Morgan fingerprint density at radius 3 is 2.81 bits per heavy atom. The Kier molecular flexibility index (Phi) is 4.26. The fraction of sp³-hybridized carbons (Fsp3) is 0.294. The van der Waals surface area contributed by atoms with Gasteiger partial charge >= 0.3 is 0 Å². The molecule has 21 heavy (non-hydrogen) atoms. The summed E-state index contributed by atoms with van der Waals surface area (Å²) in [6, 6.07) is 10.6. The summed E-state index contributed by atoms with van der Waals surface area (Å²) in [5.74, 6) is 0.838. The maximum absolute atomic E-state index is 4.30. The van der Waals surface area contributed by atoms with E-state index in [9.17, 15) is 0 Å². The van der Waals surface area contributed by atoms with Crippen LogP contribution in [0.25, 0.3) is 10.9 Å². The first-order valence-corrected chi connectivity index (χ1v) is 7.41. The van der Waals surface area contributed by atoms with Crippen molar-refractivity contribution in [3.63, 3.8) is 0 Å². The van der Waals surface area contributed by atoms with Gasteiger partial charge in [0, 0.05) is 30.7 Å². The van der Waals surface area contributed by atoms with Crippen LogP contribution in [0.3, 0.4) is 0 Å². The van der Waals surface area contributed by atoms with Crippen LogP contribution in [0.5, 0.6) is 0 Å². The van der Waals surface area contributed by atoms with Gasteiger partial charge in [0.15, 0.2) is 0 Å². The average molecular weight is 280 g/mol. The first-order chi connectivity index (χ1) is 10.4. The molecule has 0 unspecified atom stereocenters. The lowest BCUT2D eigenvalue weighted by Gasteiger charge is -2.07. The van der Waals surface area contributed by atoms with Gasteiger partial charge in [0.25, 0.3) is 0 Å². The molecule has 0 aliphatic rings. The number of rotatable bonds is 6. The number of hydrogen-bond acceptors (Lipinski definition) is 3. The number of aromatic nitrogens is 3. The maximum Gasteiger partial charge on any atom is 0.147 e. The second kappa shape index (κ2) is 6.50. The van der Waals surface area contributed by atoms with Crippen molar-refractivity contribution in [3.8, 4) is 0 Å². The second-order valence-electron chi connectivity index (χ2n) is 5.18. The summed E-state index contributed by atoms with van der Waals surface area (Å²) in [6.45, 7) is 4.85. The van der Waals surface area contributed by atoms with E-state index < -0.39 is 0 Å². The van der Waals surface area contributed by atoms with Gasteiger partial charge in [-0.3, -0.25) is 0 Å². The molecule has 1 N–H and O–H groups in total. The summed E-state index contributed by atoms with van der Waals surface area (Å²) in [5.41, 5.74) is 2.54. The lowest BCUT2D eigenvalue weighted by atomic mass is 10.1. The molecule has 2 heterocycles. The fourth-order valence-corrected chi connectivity index (χ4v) is 2.45. The lowest BCUT2D eigenvalue weighted by molar-refractivity contribution is 0.675. The highest BCUT2D eigenvalue weighted by molar-refractivity contribution is 5.80. The van der Waals surface area contributed by atoms with Crippen LogP contribution in [0.4, 0.5) is 0 Å². The van der Waals surface area contributed by atoms with Crippen molar-refractivity contribution in [2.24, 2.45) is 0 Å². The van der Waals surface area contributed by atoms with E-state index in [4.69, 9.17) is 0 Å². The van der Waals surface area contributed by atoms with E-state index >= 15 is 0 Å². The molecule has 0 bridgehead atoms. The average Bonchev–Trinajstić information content (AvgIpc) is 2.91. The number of nitrogens with one attached hydrogen (secondary N) is 1. The Balaban J connectivity index is 1.83. The summed E-state index contributed by atoms with van der Waals surface area (Å²) in [4.78, 5) is 8.60. The molecule has 4 nitrogen and oxygen atoms in total. The highest BCUT2D eigenvalue weighted by Crippen LogP contribution is 2.18. The molecule has 0 aliphatic carbocycles. The Labute approximate surface area is 124 Å². The summed E-state index contributed by atoms with van der Waals surface area (Å²) in [5, 5.41) is 4.70. The monoisotopic (exact) mass is 280 g/mol. The molecule has 0 amide bonds. The zero-order valence-corrected chi connectivity index (χ0v) is 12.3. The molecule has 0 aliphatic heterocycles. The summed E-state index contributed by atoms with van der Waals surface area (Å²) in [7, 11) is 0. The summed E-state index contributed by atoms with van der Waals surface area (Å²) < 4.78 is 2.20. The predicted octanol–water partition coefficient (Wildman–Crippen LogP) is 2.98. The maximum atomic E-state index is 4.30. The molecule has 2 aromatic heterocycles. The molecule has 3 aromatic rings. The van der Waals surface area contributed by atoms with E-state index in [1.54, 1.807) is 12.4 Å². The Hall–Kier alpha value is -2.20. The van der Waals surface area contributed by atoms with Crippen molar-refractivity contribution >= 4 is 10.9 Å². The first kappa shape index (κ1) is 13.8. The van der Waals surface area contributed by atoms with Gasteiger partial charge in [0.1, 0.15) is 5.82 Å². The Morgan fingerprint density at radius 1 is 1.14 bits per heavy atom. The standard InChI is InChI=1S/C17H20N4/c1-2-7-18-12-14-4-5-15-6-10-21(16(15)11-14)13-17-19-8-3-9-20-17/h3-6,8-11,18H,2,7,12-13H2,1H3. The lowest BCUT2D eigenvalue weighted by Crippen LogP contribution is -2.13. The highest BCUT2D eigenvalue weighted by Gasteiger charge is 2.04. The van der Waals surface area contributed by atoms with Gasteiger partial charge in [-0.05, 0) is 42.1 Å². The van der Waals surface area contributed by atoms with Gasteiger partial charge < -0.3 is 9.88 Å². The predicted molar refractivity (Wildman–Crippen MR) is 85.1 cm³/mol. The van der Waals surface area contributed by atoms with Gasteiger partial charge in [-0.25, -0.2) is 9.97 Å². The smallest absolute Gasteiger partial charge is 0.147 e. The van der Waals surface area contributed by atoms with Crippen molar-refractivity contribution < 1.29 is 0 Å². The van der Waals surface area contributed by atoms with Crippen LogP contribution in [0.1, 0.15) is 24.7 Å². The van der Waals surface area contributed by atoms with Gasteiger partial charge in [-0.2, -0.15) is 0 Å². The van der Waals surface area contributed by atoms with Crippen LogP contribution in [-0.4, -0.2) is 21.1 Å². The van der Waals surface area contributed by atoms with Gasteiger partial charge in [0.05, 0.1) is 6.54 Å². The zero-order chi connectivity index (χ0) is 14.5. The minimum atomic E-state index is 0.705. The van der Waals surface area contributed by atoms with Crippen LogP contribution in [0.2, 0.25) is 0 Å². The Morgan fingerprint density at radius 2 is 2.00 bits per heavy atom. The summed E-state index contributed by atoms with van der Waals surface area (Å²) >= 11 is 0. The molecule has 108 valence electrons. The van der Waals surface area contributed by atoms with Gasteiger partial charge in [0.2, 0.25) is 0 Å². The third kappa shape index (κ3) is 3.28. The van der Waals surface area contributed by atoms with Crippen molar-refractivity contribution in [2.45, 2.75) is 26.4 Å². The zero-order valence-electron chi connectivity index (χ0n) is 12.3. The molecule has 3 rings (SSSR count). The number of fused-ring (bicyclic) bond motifs is 1. The molecular formula is C17H20N4. The molecule has 0 fully saturated rings. The van der Waals surface area contributed by atoms with E-state index in [1.165, 1.54) is 16.5 Å². The van der Waals surface area contributed by atoms with Crippen LogP contribution in [-0.2, 0) is 13.1 Å². The molecule has 0 radical (unpaired) electrons. The highest BCUT2D eigenvalue weighted by atomic mass is 15.0. The van der Waals surface area contributed by atoms with Crippen molar-refractivity contribution in [1.29, 1.82) is 0 Å². The fourth-order valence-electron chi connectivity index (χ4n) is 2.45. The van der Waals surface area contributed by atoms with Crippen LogP contribution in [0, 0.1) is 0 Å². The van der Waals surface area contributed by atoms with Gasteiger partial charge in [-0.15, -0.1) is 0 Å². The molecule has 0 saturated heterocycles. The van der Waals surface area contributed by atoms with Crippen molar-refractivity contribution in [2.75, 3.05) is 6.54 Å². The van der Waals surface area contributed by atoms with E-state index in [1.807, 2.05) is 6.07 Å². The molecule has 4 heteroatoms. The van der Waals surface area contributed by atoms with Crippen molar-refractivity contribution in [3.05, 3.63) is 60.3 Å². The quantitative estimate of drug-likeness (QED) is 0.706. The molecule has 0 spiro atoms. The topological polar surface area (TPSA) is 42.7 Å². The van der Waals surface area contributed by atoms with Crippen LogP contribution in [0.15, 0.2) is 48.9 Å². The molecule has 0 atom stereocenters. The van der Waals surface area contributed by atoms with E-state index in [0.717, 1.165) is 25.3 Å². The van der Waals surface area contributed by atoms with E-state index in [-0.39, 0.29) is 0 Å². The van der Waals surface area contributed by atoms with Gasteiger partial charge in [-0.1, -0.05) is 19.1 Å². The largest absolute Gasteiger partial charge is 0.340 e. The molecule has 1 aromatic carbocycles. The SMILES string of the molecule is CCCNCc1ccc2ccn(Cc3ncccn3)c2c1. The van der Waals surface area contributed by atoms with Crippen LogP contribution >= 0.6 is 0 Å². The van der Waals surface area contributed by atoms with E-state index in [0.29, 0.717) is 6.54 Å². The molecule has 0 saturated carbocycles. The molecular weight excluding hydrogens is 260 g/mol. The summed E-state index contributed by atoms with van der Waals surface area (Å²) in [6.07, 6.45) is 6.83.